The number of piperidine rings is 1. The van der Waals surface area contributed by atoms with Gasteiger partial charge in [-0.25, -0.2) is 4.98 Å². The predicted molar refractivity (Wildman–Crippen MR) is 75.4 cm³/mol. The van der Waals surface area contributed by atoms with E-state index in [1.54, 1.807) is 4.90 Å². The van der Waals surface area contributed by atoms with Gasteiger partial charge in [0, 0.05) is 18.2 Å². The highest BCUT2D eigenvalue weighted by Crippen LogP contribution is 2.29. The molecule has 4 nitrogen and oxygen atoms in total. The summed E-state index contributed by atoms with van der Waals surface area (Å²) in [7, 11) is 0. The highest BCUT2D eigenvalue weighted by atomic mass is 19.4. The number of aromatic nitrogens is 2. The van der Waals surface area contributed by atoms with Crippen molar-refractivity contribution in [2.75, 3.05) is 6.54 Å². The standard InChI is InChI=1S/C15H16F3N3O/c1-9-4-2-3-7-21(9)13(22)10-5-6-11-12(8-10)20-14(19-11)15(16,17)18/h5-6,8-9H,2-4,7H2,1H3,(H,19,20)/t9-/m1/s1. The smallest absolute Gasteiger partial charge is 0.336 e. The third-order valence-electron chi connectivity index (χ3n) is 4.06. The van der Waals surface area contributed by atoms with Gasteiger partial charge in [-0.05, 0) is 44.4 Å². The number of nitrogens with zero attached hydrogens (tertiary/aromatic N) is 2. The maximum absolute atomic E-state index is 12.7. The van der Waals surface area contributed by atoms with Crippen molar-refractivity contribution >= 4 is 16.9 Å². The molecule has 1 aliphatic heterocycles. The molecule has 0 bridgehead atoms. The summed E-state index contributed by atoms with van der Waals surface area (Å²) in [6, 6.07) is 4.58. The Morgan fingerprint density at radius 1 is 1.36 bits per heavy atom. The largest absolute Gasteiger partial charge is 0.449 e. The molecule has 1 N–H and O–H groups in total. The molecule has 22 heavy (non-hydrogen) atoms. The van der Waals surface area contributed by atoms with Crippen LogP contribution >= 0.6 is 0 Å². The van der Waals surface area contributed by atoms with Crippen LogP contribution in [0.15, 0.2) is 18.2 Å². The summed E-state index contributed by atoms with van der Waals surface area (Å²) in [6.45, 7) is 2.68. The molecule has 0 spiro atoms. The third kappa shape index (κ3) is 2.67. The van der Waals surface area contributed by atoms with Gasteiger partial charge in [0.1, 0.15) is 0 Å². The van der Waals surface area contributed by atoms with Crippen molar-refractivity contribution in [2.24, 2.45) is 0 Å². The van der Waals surface area contributed by atoms with Crippen molar-refractivity contribution in [2.45, 2.75) is 38.4 Å². The molecule has 0 aliphatic carbocycles. The van der Waals surface area contributed by atoms with Crippen LogP contribution in [0.5, 0.6) is 0 Å². The molecule has 1 amide bonds. The van der Waals surface area contributed by atoms with E-state index >= 15 is 0 Å². The summed E-state index contributed by atoms with van der Waals surface area (Å²) < 4.78 is 38.0. The lowest BCUT2D eigenvalue weighted by atomic mass is 10.0. The van der Waals surface area contributed by atoms with Crippen LogP contribution in [0.25, 0.3) is 11.0 Å². The Morgan fingerprint density at radius 2 is 2.14 bits per heavy atom. The summed E-state index contributed by atoms with van der Waals surface area (Å²) in [5, 5.41) is 0. The number of carbonyl (C=O) groups is 1. The molecule has 1 atom stereocenters. The van der Waals surface area contributed by atoms with Crippen molar-refractivity contribution in [1.29, 1.82) is 0 Å². The first-order valence-electron chi connectivity index (χ1n) is 7.24. The number of hydrogen-bond acceptors (Lipinski definition) is 2. The van der Waals surface area contributed by atoms with Crippen LogP contribution in [-0.2, 0) is 6.18 Å². The molecule has 3 rings (SSSR count). The molecule has 7 heteroatoms. The number of nitrogens with one attached hydrogen (secondary N) is 1. The maximum atomic E-state index is 12.7. The second-order valence-corrected chi connectivity index (χ2v) is 5.66. The molecular weight excluding hydrogens is 295 g/mol. The van der Waals surface area contributed by atoms with Crippen LogP contribution in [0.2, 0.25) is 0 Å². The average Bonchev–Trinajstić information content (AvgIpc) is 2.90. The zero-order chi connectivity index (χ0) is 15.9. The first-order valence-corrected chi connectivity index (χ1v) is 7.24. The highest BCUT2D eigenvalue weighted by molar-refractivity contribution is 5.97. The van der Waals surface area contributed by atoms with E-state index in [2.05, 4.69) is 9.97 Å². The van der Waals surface area contributed by atoms with Gasteiger partial charge >= 0.3 is 6.18 Å². The number of rotatable bonds is 1. The Labute approximate surface area is 125 Å². The van der Waals surface area contributed by atoms with Crippen LogP contribution in [0.3, 0.4) is 0 Å². The van der Waals surface area contributed by atoms with E-state index in [1.165, 1.54) is 18.2 Å². The number of benzene rings is 1. The number of amides is 1. The summed E-state index contributed by atoms with van der Waals surface area (Å²) in [5.74, 6) is -1.18. The van der Waals surface area contributed by atoms with Crippen molar-refractivity contribution in [1.82, 2.24) is 14.9 Å². The zero-order valence-electron chi connectivity index (χ0n) is 12.1. The topological polar surface area (TPSA) is 49.0 Å². The first kappa shape index (κ1) is 14.9. The fraction of sp³-hybridized carbons (Fsp3) is 0.467. The van der Waals surface area contributed by atoms with Gasteiger partial charge in [0.2, 0.25) is 5.82 Å². The fourth-order valence-corrected chi connectivity index (χ4v) is 2.84. The molecule has 0 unspecified atom stereocenters. The predicted octanol–water partition coefficient (Wildman–Crippen LogP) is 3.60. The minimum atomic E-state index is -4.52. The highest BCUT2D eigenvalue weighted by Gasteiger charge is 2.35. The van der Waals surface area contributed by atoms with Crippen molar-refractivity contribution in [3.8, 4) is 0 Å². The molecular formula is C15H16F3N3O. The van der Waals surface area contributed by atoms with Crippen molar-refractivity contribution in [3.63, 3.8) is 0 Å². The Morgan fingerprint density at radius 3 is 2.82 bits per heavy atom. The van der Waals surface area contributed by atoms with E-state index in [0.717, 1.165) is 19.3 Å². The van der Waals surface area contributed by atoms with E-state index in [4.69, 9.17) is 0 Å². The van der Waals surface area contributed by atoms with Crippen LogP contribution in [0, 0.1) is 0 Å². The molecule has 1 aromatic carbocycles. The first-order chi connectivity index (χ1) is 10.4. The van der Waals surface area contributed by atoms with Gasteiger partial charge in [0.15, 0.2) is 0 Å². The van der Waals surface area contributed by atoms with Crippen molar-refractivity contribution < 1.29 is 18.0 Å². The van der Waals surface area contributed by atoms with E-state index in [1.807, 2.05) is 6.92 Å². The van der Waals surface area contributed by atoms with Gasteiger partial charge in [0.25, 0.3) is 5.91 Å². The van der Waals surface area contributed by atoms with Crippen LogP contribution in [0.1, 0.15) is 42.4 Å². The number of aromatic amines is 1. The second kappa shape index (κ2) is 5.30. The molecule has 2 aromatic rings. The fourth-order valence-electron chi connectivity index (χ4n) is 2.84. The average molecular weight is 311 g/mol. The summed E-state index contributed by atoms with van der Waals surface area (Å²) in [6.07, 6.45) is -1.51. The van der Waals surface area contributed by atoms with Crippen LogP contribution in [-0.4, -0.2) is 33.4 Å². The zero-order valence-corrected chi connectivity index (χ0v) is 12.1. The van der Waals surface area contributed by atoms with Gasteiger partial charge in [0.05, 0.1) is 11.0 Å². The monoisotopic (exact) mass is 311 g/mol. The number of alkyl halides is 3. The van der Waals surface area contributed by atoms with Gasteiger partial charge in [-0.1, -0.05) is 0 Å². The maximum Gasteiger partial charge on any atom is 0.449 e. The summed E-state index contributed by atoms with van der Waals surface area (Å²) >= 11 is 0. The molecule has 0 saturated carbocycles. The van der Waals surface area contributed by atoms with E-state index in [-0.39, 0.29) is 23.0 Å². The number of carbonyl (C=O) groups excluding carboxylic acids is 1. The van der Waals surface area contributed by atoms with Gasteiger partial charge in [-0.15, -0.1) is 0 Å². The van der Waals surface area contributed by atoms with E-state index < -0.39 is 12.0 Å². The van der Waals surface area contributed by atoms with Crippen LogP contribution in [0.4, 0.5) is 13.2 Å². The number of imidazole rings is 1. The lowest BCUT2D eigenvalue weighted by Crippen LogP contribution is -2.42. The number of fused-ring (bicyclic) bond motifs is 1. The Balaban J connectivity index is 1.92. The van der Waals surface area contributed by atoms with Gasteiger partial charge in [-0.2, -0.15) is 13.2 Å². The molecule has 1 aliphatic rings. The quantitative estimate of drug-likeness (QED) is 0.875. The number of H-pyrrole nitrogens is 1. The van der Waals surface area contributed by atoms with Crippen LogP contribution < -0.4 is 0 Å². The lowest BCUT2D eigenvalue weighted by molar-refractivity contribution is -0.144. The lowest BCUT2D eigenvalue weighted by Gasteiger charge is -2.33. The minimum Gasteiger partial charge on any atom is -0.336 e. The van der Waals surface area contributed by atoms with Gasteiger partial charge < -0.3 is 9.88 Å². The van der Waals surface area contributed by atoms with Gasteiger partial charge in [-0.3, -0.25) is 4.79 Å². The molecule has 1 fully saturated rings. The van der Waals surface area contributed by atoms with Crippen molar-refractivity contribution in [3.05, 3.63) is 29.6 Å². The molecule has 118 valence electrons. The number of hydrogen-bond donors (Lipinski definition) is 1. The SMILES string of the molecule is C[C@@H]1CCCCN1C(=O)c1ccc2nc(C(F)(F)F)[nH]c2c1. The van der Waals surface area contributed by atoms with E-state index in [9.17, 15) is 18.0 Å². The molecule has 1 saturated heterocycles. The number of halogens is 3. The normalized spacial score (nSPS) is 19.6. The summed E-state index contributed by atoms with van der Waals surface area (Å²) in [5.41, 5.74) is 0.817. The molecule has 2 heterocycles. The Hall–Kier alpha value is -2.05. The summed E-state index contributed by atoms with van der Waals surface area (Å²) in [4.78, 5) is 20.1. The number of likely N-dealkylation sites (tertiary alicyclic amines) is 1. The second-order valence-electron chi connectivity index (χ2n) is 5.66. The minimum absolute atomic E-state index is 0.141. The Bertz CT molecular complexity index is 708. The Kier molecular flexibility index (Phi) is 3.58. The van der Waals surface area contributed by atoms with E-state index in [0.29, 0.717) is 12.1 Å². The third-order valence-corrected chi connectivity index (χ3v) is 4.06. The molecule has 1 aromatic heterocycles. The molecule has 0 radical (unpaired) electrons.